The molecule has 1 aliphatic rings. The summed E-state index contributed by atoms with van der Waals surface area (Å²) in [5.41, 5.74) is -0.390. The van der Waals surface area contributed by atoms with Crippen molar-refractivity contribution >= 4 is 64.1 Å². The van der Waals surface area contributed by atoms with E-state index < -0.39 is 70.4 Å². The van der Waals surface area contributed by atoms with Crippen LogP contribution in [-0.4, -0.2) is 126 Å². The Morgan fingerprint density at radius 2 is 1.58 bits per heavy atom. The van der Waals surface area contributed by atoms with Crippen LogP contribution < -0.4 is 31.6 Å². The Morgan fingerprint density at radius 1 is 0.923 bits per heavy atom. The number of carbonyl (C=O) groups is 7. The molecule has 65 heavy (non-hydrogen) atoms. The molecule has 2 heterocycles. The van der Waals surface area contributed by atoms with Crippen molar-refractivity contribution in [2.75, 3.05) is 57.0 Å². The van der Waals surface area contributed by atoms with Crippen molar-refractivity contribution in [2.45, 2.75) is 98.1 Å². The Labute approximate surface area is 377 Å². The van der Waals surface area contributed by atoms with Crippen LogP contribution in [0.5, 0.6) is 0 Å². The van der Waals surface area contributed by atoms with E-state index in [0.717, 1.165) is 6.07 Å². The van der Waals surface area contributed by atoms with E-state index in [0.29, 0.717) is 29.7 Å². The molecular weight excluding hydrogens is 848 g/mol. The predicted molar refractivity (Wildman–Crippen MR) is 240 cm³/mol. The Hall–Kier alpha value is -6.73. The molecule has 0 bridgehead atoms. The Morgan fingerprint density at radius 3 is 2.17 bits per heavy atom. The summed E-state index contributed by atoms with van der Waals surface area (Å²) in [5, 5.41) is 20.2. The molecule has 0 saturated carbocycles. The van der Waals surface area contributed by atoms with Crippen molar-refractivity contribution < 1.29 is 52.5 Å². The SMILES string of the molecule is CCn1cc(C(=O)O)c(=O)c2cc(F)c(N3CCN(C(=O)OCc4ccc(NC(=O)[C@H](CCNC(=O)OC(C)(C)C)NC(=O)[C@@H](NC(=O)CCCC(=O)N(C)C)C(C)C)cc4)CC3)cc21. The standard InChI is InChI=1S/C45H61FN8O11/c1-9-52-25-31(42(60)61)39(57)30-23-32(46)35(24-34(30)52)53-19-21-54(22-20-53)44(63)64-26-28-13-15-29(16-14-28)48-40(58)33(17-18-47-43(62)65-45(4,5)6)49-41(59)38(27(2)3)50-36(55)11-10-12-37(56)51(7)8/h13-16,23-25,27,33,38H,9-12,17-22,26H2,1-8H3,(H,47,62)(H,48,58)(H,49,59)(H,50,55)(H,60,61)/t33-,38-/m0/s1. The molecule has 1 fully saturated rings. The van der Waals surface area contributed by atoms with E-state index in [1.54, 1.807) is 89.4 Å². The van der Waals surface area contributed by atoms with Gasteiger partial charge in [-0.1, -0.05) is 26.0 Å². The molecule has 5 N–H and O–H groups in total. The number of aromatic carboxylic acids is 1. The van der Waals surface area contributed by atoms with Gasteiger partial charge in [-0.05, 0) is 76.3 Å². The van der Waals surface area contributed by atoms with Crippen LogP contribution in [0.15, 0.2) is 47.4 Å². The maximum Gasteiger partial charge on any atom is 0.410 e. The number of aryl methyl sites for hydroxylation is 1. The van der Waals surface area contributed by atoms with Crippen LogP contribution in [0.3, 0.4) is 0 Å². The number of hydrogen-bond acceptors (Lipinski definition) is 11. The third-order valence-corrected chi connectivity index (χ3v) is 10.5. The number of nitrogens with zero attached hydrogens (tertiary/aromatic N) is 4. The van der Waals surface area contributed by atoms with Gasteiger partial charge < -0.3 is 55.1 Å². The minimum atomic E-state index is -1.39. The average Bonchev–Trinajstić information content (AvgIpc) is 3.24. The van der Waals surface area contributed by atoms with Gasteiger partial charge in [0.2, 0.25) is 29.1 Å². The van der Waals surface area contributed by atoms with Gasteiger partial charge in [-0.25, -0.2) is 18.8 Å². The summed E-state index contributed by atoms with van der Waals surface area (Å²) in [6.07, 6.45) is 0.410. The number of piperazine rings is 1. The second-order valence-corrected chi connectivity index (χ2v) is 17.2. The van der Waals surface area contributed by atoms with Gasteiger partial charge in [0, 0.05) is 83.5 Å². The molecule has 2 aromatic carbocycles. The quantitative estimate of drug-likeness (QED) is 0.122. The highest BCUT2D eigenvalue weighted by Crippen LogP contribution is 2.27. The fourth-order valence-corrected chi connectivity index (χ4v) is 6.90. The zero-order valence-corrected chi connectivity index (χ0v) is 38.2. The van der Waals surface area contributed by atoms with Crippen LogP contribution in [0.4, 0.5) is 25.4 Å². The number of rotatable bonds is 18. The summed E-state index contributed by atoms with van der Waals surface area (Å²) in [4.78, 5) is 106. The van der Waals surface area contributed by atoms with Gasteiger partial charge in [0.15, 0.2) is 0 Å². The second kappa shape index (κ2) is 22.8. The lowest BCUT2D eigenvalue weighted by Gasteiger charge is -2.35. The van der Waals surface area contributed by atoms with Crippen LogP contribution >= 0.6 is 0 Å². The minimum Gasteiger partial charge on any atom is -0.477 e. The van der Waals surface area contributed by atoms with E-state index in [2.05, 4.69) is 21.3 Å². The number of halogens is 1. The van der Waals surface area contributed by atoms with E-state index in [9.17, 15) is 43.5 Å². The highest BCUT2D eigenvalue weighted by atomic mass is 19.1. The van der Waals surface area contributed by atoms with Gasteiger partial charge in [-0.15, -0.1) is 0 Å². The van der Waals surface area contributed by atoms with Crippen molar-refractivity contribution in [1.29, 1.82) is 0 Å². The maximum atomic E-state index is 15.4. The third-order valence-electron chi connectivity index (χ3n) is 10.5. The van der Waals surface area contributed by atoms with Crippen LogP contribution in [0.2, 0.25) is 0 Å². The number of aromatic nitrogens is 1. The number of amides is 6. The van der Waals surface area contributed by atoms with Crippen molar-refractivity contribution in [3.8, 4) is 0 Å². The molecule has 19 nitrogen and oxygen atoms in total. The highest BCUT2D eigenvalue weighted by Gasteiger charge is 2.30. The first-order valence-corrected chi connectivity index (χ1v) is 21.5. The van der Waals surface area contributed by atoms with Crippen molar-refractivity contribution in [3.05, 3.63) is 69.8 Å². The lowest BCUT2D eigenvalue weighted by atomic mass is 10.0. The van der Waals surface area contributed by atoms with E-state index in [1.807, 2.05) is 0 Å². The van der Waals surface area contributed by atoms with Gasteiger partial charge in [0.05, 0.1) is 11.2 Å². The van der Waals surface area contributed by atoms with Crippen molar-refractivity contribution in [3.63, 3.8) is 0 Å². The topological polar surface area (TPSA) is 238 Å². The molecule has 20 heteroatoms. The summed E-state index contributed by atoms with van der Waals surface area (Å²) in [7, 11) is 3.25. The number of benzene rings is 2. The molecule has 2 atom stereocenters. The number of nitrogens with one attached hydrogen (secondary N) is 4. The molecular formula is C45H61FN8O11. The summed E-state index contributed by atoms with van der Waals surface area (Å²) in [5.74, 6) is -4.21. The highest BCUT2D eigenvalue weighted by molar-refractivity contribution is 5.98. The molecule has 6 amide bonds. The zero-order chi connectivity index (χ0) is 48.2. The lowest BCUT2D eigenvalue weighted by molar-refractivity contribution is -0.132. The molecule has 4 rings (SSSR count). The van der Waals surface area contributed by atoms with Gasteiger partial charge in [-0.2, -0.15) is 0 Å². The number of carboxylic acids is 1. The number of hydrogen-bond donors (Lipinski definition) is 5. The Balaban J connectivity index is 1.34. The molecule has 1 aromatic heterocycles. The number of fused-ring (bicyclic) bond motifs is 1. The molecule has 0 unspecified atom stereocenters. The first-order chi connectivity index (χ1) is 30.6. The van der Waals surface area contributed by atoms with E-state index in [-0.39, 0.29) is 81.5 Å². The number of alkyl carbamates (subject to hydrolysis) is 1. The number of carbonyl (C=O) groups excluding carboxylic acids is 6. The number of anilines is 2. The summed E-state index contributed by atoms with van der Waals surface area (Å²) in [6.45, 7) is 11.6. The third kappa shape index (κ3) is 14.7. The molecule has 0 spiro atoms. The maximum absolute atomic E-state index is 15.4. The number of pyridine rings is 1. The van der Waals surface area contributed by atoms with E-state index >= 15 is 4.39 Å². The van der Waals surface area contributed by atoms with Crippen LogP contribution in [-0.2, 0) is 41.8 Å². The average molecular weight is 909 g/mol. The van der Waals surface area contributed by atoms with Gasteiger partial charge in [0.1, 0.15) is 35.7 Å². The van der Waals surface area contributed by atoms with Crippen molar-refractivity contribution in [1.82, 2.24) is 30.3 Å². The second-order valence-electron chi connectivity index (χ2n) is 17.2. The fourth-order valence-electron chi connectivity index (χ4n) is 6.90. The molecule has 3 aromatic rings. The molecule has 1 saturated heterocycles. The first-order valence-electron chi connectivity index (χ1n) is 21.5. The summed E-state index contributed by atoms with van der Waals surface area (Å²) in [6, 6.07) is 6.90. The van der Waals surface area contributed by atoms with E-state index in [1.165, 1.54) is 22.1 Å². The van der Waals surface area contributed by atoms with Gasteiger partial charge in [-0.3, -0.25) is 24.0 Å². The fraction of sp³-hybridized carbons (Fsp3) is 0.511. The smallest absolute Gasteiger partial charge is 0.410 e. The molecule has 0 aliphatic carbocycles. The van der Waals surface area contributed by atoms with Gasteiger partial charge >= 0.3 is 18.2 Å². The molecule has 354 valence electrons. The number of carboxylic acid groups (broad SMARTS) is 1. The lowest BCUT2D eigenvalue weighted by Crippen LogP contribution is -2.55. The van der Waals surface area contributed by atoms with Gasteiger partial charge in [0.25, 0.3) is 0 Å². The van der Waals surface area contributed by atoms with Crippen molar-refractivity contribution in [2.24, 2.45) is 5.92 Å². The normalized spacial score (nSPS) is 13.7. The molecule has 1 aliphatic heterocycles. The van der Waals surface area contributed by atoms with Crippen LogP contribution in [0, 0.1) is 11.7 Å². The Kier molecular flexibility index (Phi) is 17.8. The zero-order valence-electron chi connectivity index (χ0n) is 38.2. The molecule has 0 radical (unpaired) electrons. The van der Waals surface area contributed by atoms with Crippen LogP contribution in [0.1, 0.15) is 83.1 Å². The van der Waals surface area contributed by atoms with Crippen LogP contribution in [0.25, 0.3) is 10.9 Å². The van der Waals surface area contributed by atoms with E-state index in [4.69, 9.17) is 9.47 Å². The Bertz CT molecular complexity index is 2280. The predicted octanol–water partition coefficient (Wildman–Crippen LogP) is 4.05. The first kappa shape index (κ1) is 50.9. The number of ether oxygens (including phenoxy) is 2. The minimum absolute atomic E-state index is 0.0219. The monoisotopic (exact) mass is 908 g/mol. The summed E-state index contributed by atoms with van der Waals surface area (Å²) < 4.78 is 27.8. The largest absolute Gasteiger partial charge is 0.477 e. The summed E-state index contributed by atoms with van der Waals surface area (Å²) >= 11 is 0.